The van der Waals surface area contributed by atoms with Gasteiger partial charge in [0.05, 0.1) is 11.8 Å². The number of nitrogens with one attached hydrogen (secondary N) is 2. The molecule has 14 heavy (non-hydrogen) atoms. The zero-order valence-corrected chi connectivity index (χ0v) is 7.78. The minimum Gasteiger partial charge on any atom is -0.368 e. The van der Waals surface area contributed by atoms with Gasteiger partial charge in [-0.25, -0.2) is 0 Å². The Morgan fingerprint density at radius 3 is 2.86 bits per heavy atom. The largest absolute Gasteiger partial charge is 0.368 e. The van der Waals surface area contributed by atoms with Crippen molar-refractivity contribution in [3.05, 3.63) is 18.0 Å². The van der Waals surface area contributed by atoms with Crippen LogP contribution in [0.1, 0.15) is 23.7 Å². The number of nitrogens with two attached hydrogens (primary N) is 1. The number of amides is 2. The van der Waals surface area contributed by atoms with Crippen molar-refractivity contribution >= 4 is 11.8 Å². The minimum absolute atomic E-state index is 0.357. The van der Waals surface area contributed by atoms with E-state index in [0.29, 0.717) is 12.0 Å². The smallest absolute Gasteiger partial charge is 0.255 e. The number of H-pyrrole nitrogens is 1. The summed E-state index contributed by atoms with van der Waals surface area (Å²) in [4.78, 5) is 22.2. The van der Waals surface area contributed by atoms with Gasteiger partial charge in [-0.3, -0.25) is 14.7 Å². The van der Waals surface area contributed by atoms with Gasteiger partial charge >= 0.3 is 0 Å². The fraction of sp³-hybridized carbons (Fsp3) is 0.375. The van der Waals surface area contributed by atoms with Crippen molar-refractivity contribution in [3.63, 3.8) is 0 Å². The molecule has 1 aromatic rings. The van der Waals surface area contributed by atoms with Crippen LogP contribution in [0.5, 0.6) is 0 Å². The molecule has 0 spiro atoms. The summed E-state index contributed by atoms with van der Waals surface area (Å²) in [6, 6.07) is -0.627. The molecule has 0 radical (unpaired) electrons. The van der Waals surface area contributed by atoms with Gasteiger partial charge in [0.1, 0.15) is 6.04 Å². The highest BCUT2D eigenvalue weighted by molar-refractivity contribution is 5.96. The van der Waals surface area contributed by atoms with Gasteiger partial charge in [-0.15, -0.1) is 0 Å². The zero-order valence-electron chi connectivity index (χ0n) is 7.78. The fourth-order valence-electron chi connectivity index (χ4n) is 0.991. The monoisotopic (exact) mass is 196 g/mol. The van der Waals surface area contributed by atoms with E-state index in [-0.39, 0.29) is 5.91 Å². The number of aromatic amines is 1. The third kappa shape index (κ3) is 2.32. The second-order valence-corrected chi connectivity index (χ2v) is 2.82. The molecule has 6 nitrogen and oxygen atoms in total. The first-order valence-corrected chi connectivity index (χ1v) is 4.24. The maximum absolute atomic E-state index is 11.4. The summed E-state index contributed by atoms with van der Waals surface area (Å²) in [5, 5.41) is 8.62. The first-order chi connectivity index (χ1) is 6.65. The van der Waals surface area contributed by atoms with Crippen LogP contribution < -0.4 is 11.1 Å². The average molecular weight is 196 g/mol. The maximum atomic E-state index is 11.4. The van der Waals surface area contributed by atoms with Crippen LogP contribution in [0.15, 0.2) is 12.4 Å². The summed E-state index contributed by atoms with van der Waals surface area (Å²) >= 11 is 0. The Morgan fingerprint density at radius 1 is 1.71 bits per heavy atom. The second-order valence-electron chi connectivity index (χ2n) is 2.82. The molecule has 6 heteroatoms. The predicted octanol–water partition coefficient (Wildman–Crippen LogP) is -0.597. The molecule has 1 rings (SSSR count). The van der Waals surface area contributed by atoms with Gasteiger partial charge in [0, 0.05) is 6.20 Å². The highest BCUT2D eigenvalue weighted by Crippen LogP contribution is 1.96. The molecular formula is C8H12N4O2. The molecule has 1 unspecified atom stereocenters. The van der Waals surface area contributed by atoms with E-state index in [1.54, 1.807) is 6.92 Å². The molecule has 0 saturated carbocycles. The lowest BCUT2D eigenvalue weighted by Gasteiger charge is -2.11. The van der Waals surface area contributed by atoms with E-state index in [2.05, 4.69) is 15.5 Å². The standard InChI is InChI=1S/C8H12N4O2/c1-2-6(7(9)13)12-8(14)5-3-10-11-4-5/h3-4,6H,2H2,1H3,(H2,9,13)(H,10,11)(H,12,14). The van der Waals surface area contributed by atoms with Crippen LogP contribution in [0.25, 0.3) is 0 Å². The zero-order chi connectivity index (χ0) is 10.6. The van der Waals surface area contributed by atoms with E-state index in [1.165, 1.54) is 12.4 Å². The first kappa shape index (κ1) is 10.2. The van der Waals surface area contributed by atoms with E-state index < -0.39 is 11.9 Å². The molecule has 1 heterocycles. The number of hydrogen-bond acceptors (Lipinski definition) is 3. The molecule has 0 aliphatic heterocycles. The van der Waals surface area contributed by atoms with Gasteiger partial charge in [0.2, 0.25) is 5.91 Å². The first-order valence-electron chi connectivity index (χ1n) is 4.24. The van der Waals surface area contributed by atoms with Gasteiger partial charge in [-0.05, 0) is 6.42 Å². The Hall–Kier alpha value is -1.85. The van der Waals surface area contributed by atoms with Gasteiger partial charge in [-0.1, -0.05) is 6.92 Å². The summed E-state index contributed by atoms with van der Waals surface area (Å²) in [6.07, 6.45) is 3.30. The van der Waals surface area contributed by atoms with Crippen LogP contribution in [0, 0.1) is 0 Å². The third-order valence-corrected chi connectivity index (χ3v) is 1.82. The SMILES string of the molecule is CCC(NC(=O)c1cn[nH]c1)C(N)=O. The quantitative estimate of drug-likeness (QED) is 0.599. The van der Waals surface area contributed by atoms with E-state index >= 15 is 0 Å². The number of rotatable bonds is 4. The van der Waals surface area contributed by atoms with Crippen molar-refractivity contribution in [2.75, 3.05) is 0 Å². The van der Waals surface area contributed by atoms with Crippen molar-refractivity contribution in [2.24, 2.45) is 5.73 Å². The van der Waals surface area contributed by atoms with Crippen LogP contribution in [0.3, 0.4) is 0 Å². The van der Waals surface area contributed by atoms with Crippen LogP contribution in [-0.4, -0.2) is 28.1 Å². The minimum atomic E-state index is -0.627. The fourth-order valence-corrected chi connectivity index (χ4v) is 0.991. The summed E-state index contributed by atoms with van der Waals surface area (Å²) in [6.45, 7) is 1.77. The Morgan fingerprint density at radius 2 is 2.43 bits per heavy atom. The third-order valence-electron chi connectivity index (χ3n) is 1.82. The van der Waals surface area contributed by atoms with Gasteiger partial charge < -0.3 is 11.1 Å². The molecule has 0 aliphatic carbocycles. The van der Waals surface area contributed by atoms with Gasteiger partial charge in [-0.2, -0.15) is 5.10 Å². The Bertz CT molecular complexity index is 320. The second kappa shape index (κ2) is 4.40. The highest BCUT2D eigenvalue weighted by atomic mass is 16.2. The molecule has 0 fully saturated rings. The summed E-state index contributed by atoms with van der Waals surface area (Å²) in [5.41, 5.74) is 5.45. The van der Waals surface area contributed by atoms with Crippen LogP contribution in [0.2, 0.25) is 0 Å². The molecular weight excluding hydrogens is 184 g/mol. The number of primary amides is 1. The lowest BCUT2D eigenvalue weighted by atomic mass is 10.2. The molecule has 0 saturated heterocycles. The molecule has 0 bridgehead atoms. The maximum Gasteiger partial charge on any atom is 0.255 e. The van der Waals surface area contributed by atoms with Crippen molar-refractivity contribution in [1.29, 1.82) is 0 Å². The number of nitrogens with zero attached hydrogens (tertiary/aromatic N) is 1. The Balaban J connectivity index is 2.60. The van der Waals surface area contributed by atoms with E-state index in [0.717, 1.165) is 0 Å². The van der Waals surface area contributed by atoms with Crippen LogP contribution >= 0.6 is 0 Å². The topological polar surface area (TPSA) is 101 Å². The summed E-state index contributed by atoms with van der Waals surface area (Å²) < 4.78 is 0. The number of carbonyl (C=O) groups is 2. The normalized spacial score (nSPS) is 12.1. The Labute approximate surface area is 80.9 Å². The number of aromatic nitrogens is 2. The molecule has 76 valence electrons. The van der Waals surface area contributed by atoms with Crippen molar-refractivity contribution in [1.82, 2.24) is 15.5 Å². The van der Waals surface area contributed by atoms with Gasteiger partial charge in [0.15, 0.2) is 0 Å². The van der Waals surface area contributed by atoms with Gasteiger partial charge in [0.25, 0.3) is 5.91 Å². The van der Waals surface area contributed by atoms with E-state index in [1.807, 2.05) is 0 Å². The van der Waals surface area contributed by atoms with Crippen molar-refractivity contribution < 1.29 is 9.59 Å². The molecule has 4 N–H and O–H groups in total. The number of carbonyl (C=O) groups excluding carboxylic acids is 2. The van der Waals surface area contributed by atoms with Crippen LogP contribution in [0.4, 0.5) is 0 Å². The van der Waals surface area contributed by atoms with Crippen molar-refractivity contribution in [3.8, 4) is 0 Å². The lowest BCUT2D eigenvalue weighted by molar-refractivity contribution is -0.119. The molecule has 0 aliphatic rings. The van der Waals surface area contributed by atoms with Crippen LogP contribution in [-0.2, 0) is 4.79 Å². The average Bonchev–Trinajstić information content (AvgIpc) is 2.65. The number of hydrogen-bond donors (Lipinski definition) is 3. The van der Waals surface area contributed by atoms with E-state index in [9.17, 15) is 9.59 Å². The Kier molecular flexibility index (Phi) is 3.22. The van der Waals surface area contributed by atoms with E-state index in [4.69, 9.17) is 5.73 Å². The molecule has 2 amide bonds. The summed E-state index contributed by atoms with van der Waals surface area (Å²) in [5.74, 6) is -0.895. The summed E-state index contributed by atoms with van der Waals surface area (Å²) in [7, 11) is 0. The molecule has 1 aromatic heterocycles. The highest BCUT2D eigenvalue weighted by Gasteiger charge is 2.16. The van der Waals surface area contributed by atoms with Crippen molar-refractivity contribution in [2.45, 2.75) is 19.4 Å². The predicted molar refractivity (Wildman–Crippen MR) is 49.3 cm³/mol. The molecule has 0 aromatic carbocycles. The molecule has 1 atom stereocenters. The lowest BCUT2D eigenvalue weighted by Crippen LogP contribution is -2.43.